The van der Waals surface area contributed by atoms with Crippen LogP contribution in [0.25, 0.3) is 0 Å². The van der Waals surface area contributed by atoms with Crippen LogP contribution in [0.2, 0.25) is 0 Å². The molecule has 2 aromatic rings. The van der Waals surface area contributed by atoms with E-state index in [0.29, 0.717) is 6.42 Å². The Hall–Kier alpha value is -0.710. The average molecular weight is 357 g/mol. The van der Waals surface area contributed by atoms with Gasteiger partial charge in [0.1, 0.15) is 0 Å². The topological polar surface area (TPSA) is 33.1 Å². The fourth-order valence-corrected chi connectivity index (χ4v) is 2.36. The Morgan fingerprint density at radius 1 is 1.12 bits per heavy atom. The van der Waals surface area contributed by atoms with E-state index in [-0.39, 0.29) is 0 Å². The first-order valence-corrected chi connectivity index (χ1v) is 6.78. The van der Waals surface area contributed by atoms with Gasteiger partial charge in [-0.25, -0.2) is 0 Å². The van der Waals surface area contributed by atoms with Gasteiger partial charge in [-0.2, -0.15) is 0 Å². The Kier molecular flexibility index (Phi) is 4.31. The van der Waals surface area contributed by atoms with Crippen LogP contribution in [0.3, 0.4) is 0 Å². The molecule has 0 aliphatic carbocycles. The van der Waals surface area contributed by atoms with Gasteiger partial charge in [0.2, 0.25) is 0 Å². The second kappa shape index (κ2) is 5.76. The number of hydrogen-bond acceptors (Lipinski definition) is 2. The van der Waals surface area contributed by atoms with E-state index in [1.807, 2.05) is 36.4 Å². The second-order valence-corrected chi connectivity index (χ2v) is 5.48. The summed E-state index contributed by atoms with van der Waals surface area (Å²) in [6.07, 6.45) is 1.71. The lowest BCUT2D eigenvalue weighted by molar-refractivity contribution is 0.176. The van der Waals surface area contributed by atoms with Gasteiger partial charge in [0.15, 0.2) is 0 Å². The number of nitrogens with zero attached hydrogens (tertiary/aromatic N) is 1. The Labute approximate surface area is 117 Å². The van der Waals surface area contributed by atoms with Crippen molar-refractivity contribution in [2.24, 2.45) is 0 Å². The molecule has 0 bridgehead atoms. The van der Waals surface area contributed by atoms with Crippen LogP contribution < -0.4 is 0 Å². The molecule has 1 aromatic heterocycles. The van der Waals surface area contributed by atoms with Crippen LogP contribution in [0.5, 0.6) is 0 Å². The zero-order valence-corrected chi connectivity index (χ0v) is 12.1. The Bertz CT molecular complexity index is 499. The van der Waals surface area contributed by atoms with Gasteiger partial charge >= 0.3 is 0 Å². The summed E-state index contributed by atoms with van der Waals surface area (Å²) in [7, 11) is 0. The minimum atomic E-state index is -0.542. The first-order valence-electron chi connectivity index (χ1n) is 5.20. The molecule has 4 heteroatoms. The lowest BCUT2D eigenvalue weighted by Gasteiger charge is -2.12. The van der Waals surface area contributed by atoms with Crippen LogP contribution in [0.4, 0.5) is 0 Å². The summed E-state index contributed by atoms with van der Waals surface area (Å²) in [5, 5.41) is 10.1. The minimum Gasteiger partial charge on any atom is -0.388 e. The number of aliphatic hydroxyl groups excluding tert-OH is 1. The third-order valence-electron chi connectivity index (χ3n) is 2.46. The van der Waals surface area contributed by atoms with E-state index in [0.717, 1.165) is 20.2 Å². The maximum atomic E-state index is 10.1. The zero-order chi connectivity index (χ0) is 12.3. The molecule has 1 heterocycles. The molecule has 1 unspecified atom stereocenters. The number of rotatable bonds is 3. The smallest absolute Gasteiger partial charge is 0.0856 e. The highest BCUT2D eigenvalue weighted by Crippen LogP contribution is 2.25. The molecule has 1 N–H and O–H groups in total. The third kappa shape index (κ3) is 3.37. The maximum absolute atomic E-state index is 10.1. The molecule has 0 saturated carbocycles. The number of aliphatic hydroxyl groups is 1. The SMILES string of the molecule is OC(Cc1ccc(Br)cn1)c1ccccc1Br. The molecule has 0 amide bonds. The van der Waals surface area contributed by atoms with Gasteiger partial charge in [-0.15, -0.1) is 0 Å². The largest absolute Gasteiger partial charge is 0.388 e. The average Bonchev–Trinajstić information content (AvgIpc) is 2.32. The number of aromatic nitrogens is 1. The number of benzene rings is 1. The molecule has 2 rings (SSSR count). The highest BCUT2D eigenvalue weighted by Gasteiger charge is 2.11. The van der Waals surface area contributed by atoms with Crippen LogP contribution in [0.1, 0.15) is 17.4 Å². The predicted molar refractivity (Wildman–Crippen MR) is 74.7 cm³/mol. The van der Waals surface area contributed by atoms with Crippen molar-refractivity contribution in [3.05, 3.63) is 62.8 Å². The van der Waals surface area contributed by atoms with Gasteiger partial charge in [-0.1, -0.05) is 34.1 Å². The summed E-state index contributed by atoms with van der Waals surface area (Å²) < 4.78 is 1.86. The van der Waals surface area contributed by atoms with Crippen LogP contribution in [-0.2, 0) is 6.42 Å². The lowest BCUT2D eigenvalue weighted by Crippen LogP contribution is -2.03. The molecule has 0 radical (unpaired) electrons. The van der Waals surface area contributed by atoms with Crippen molar-refractivity contribution in [3.8, 4) is 0 Å². The van der Waals surface area contributed by atoms with E-state index in [2.05, 4.69) is 36.8 Å². The molecule has 0 aliphatic rings. The summed E-state index contributed by atoms with van der Waals surface area (Å²) in [4.78, 5) is 4.25. The van der Waals surface area contributed by atoms with E-state index >= 15 is 0 Å². The summed E-state index contributed by atoms with van der Waals surface area (Å²) in [6.45, 7) is 0. The van der Waals surface area contributed by atoms with Crippen molar-refractivity contribution in [1.82, 2.24) is 4.98 Å². The Balaban J connectivity index is 2.14. The number of hydrogen-bond donors (Lipinski definition) is 1. The fourth-order valence-electron chi connectivity index (χ4n) is 1.58. The van der Waals surface area contributed by atoms with Crippen LogP contribution in [0, 0.1) is 0 Å². The van der Waals surface area contributed by atoms with Crippen molar-refractivity contribution in [2.45, 2.75) is 12.5 Å². The number of pyridine rings is 1. The molecule has 88 valence electrons. The van der Waals surface area contributed by atoms with Crippen molar-refractivity contribution in [3.63, 3.8) is 0 Å². The standard InChI is InChI=1S/C13H11Br2NO/c14-9-5-6-10(16-8-9)7-13(17)11-3-1-2-4-12(11)15/h1-6,8,13,17H,7H2. The lowest BCUT2D eigenvalue weighted by atomic mass is 10.0. The van der Waals surface area contributed by atoms with Crippen molar-refractivity contribution >= 4 is 31.9 Å². The van der Waals surface area contributed by atoms with Crippen molar-refractivity contribution in [1.29, 1.82) is 0 Å². The first kappa shape index (κ1) is 12.7. The third-order valence-corrected chi connectivity index (χ3v) is 3.65. The molecule has 17 heavy (non-hydrogen) atoms. The van der Waals surface area contributed by atoms with Gasteiger partial charge in [-0.05, 0) is 39.7 Å². The van der Waals surface area contributed by atoms with Crippen LogP contribution in [-0.4, -0.2) is 10.1 Å². The van der Waals surface area contributed by atoms with Crippen LogP contribution in [0.15, 0.2) is 51.5 Å². The summed E-state index contributed by atoms with van der Waals surface area (Å²) in [6, 6.07) is 11.5. The molecule has 2 nitrogen and oxygen atoms in total. The van der Waals surface area contributed by atoms with E-state index in [1.165, 1.54) is 0 Å². The molecule has 1 aromatic carbocycles. The predicted octanol–water partition coefficient (Wildman–Crippen LogP) is 3.88. The fraction of sp³-hybridized carbons (Fsp3) is 0.154. The summed E-state index contributed by atoms with van der Waals surface area (Å²) in [5.41, 5.74) is 1.76. The Morgan fingerprint density at radius 3 is 2.53 bits per heavy atom. The maximum Gasteiger partial charge on any atom is 0.0856 e. The van der Waals surface area contributed by atoms with Crippen molar-refractivity contribution in [2.75, 3.05) is 0 Å². The minimum absolute atomic E-state index is 0.510. The first-order chi connectivity index (χ1) is 8.16. The molecule has 1 atom stereocenters. The molecule has 0 aliphatic heterocycles. The van der Waals surface area contributed by atoms with E-state index in [9.17, 15) is 5.11 Å². The monoisotopic (exact) mass is 355 g/mol. The quantitative estimate of drug-likeness (QED) is 0.905. The van der Waals surface area contributed by atoms with Crippen LogP contribution >= 0.6 is 31.9 Å². The van der Waals surface area contributed by atoms with Crippen molar-refractivity contribution < 1.29 is 5.11 Å². The highest BCUT2D eigenvalue weighted by molar-refractivity contribution is 9.10. The molecular weight excluding hydrogens is 346 g/mol. The van der Waals surface area contributed by atoms with E-state index in [1.54, 1.807) is 6.20 Å². The normalized spacial score (nSPS) is 12.4. The molecule has 0 fully saturated rings. The molecule has 0 saturated heterocycles. The van der Waals surface area contributed by atoms with Gasteiger partial charge in [0.05, 0.1) is 6.10 Å². The van der Waals surface area contributed by atoms with Gasteiger partial charge < -0.3 is 5.11 Å². The van der Waals surface area contributed by atoms with E-state index < -0.39 is 6.10 Å². The van der Waals surface area contributed by atoms with Gasteiger partial charge in [0, 0.05) is 27.3 Å². The van der Waals surface area contributed by atoms with Gasteiger partial charge in [-0.3, -0.25) is 4.98 Å². The molecule has 0 spiro atoms. The highest BCUT2D eigenvalue weighted by atomic mass is 79.9. The molecular formula is C13H11Br2NO. The Morgan fingerprint density at radius 2 is 1.88 bits per heavy atom. The zero-order valence-electron chi connectivity index (χ0n) is 8.98. The summed E-state index contributed by atoms with van der Waals surface area (Å²) >= 11 is 6.77. The summed E-state index contributed by atoms with van der Waals surface area (Å²) in [5.74, 6) is 0. The van der Waals surface area contributed by atoms with Gasteiger partial charge in [0.25, 0.3) is 0 Å². The second-order valence-electron chi connectivity index (χ2n) is 3.71. The number of halogens is 2. The van der Waals surface area contributed by atoms with E-state index in [4.69, 9.17) is 0 Å².